The lowest BCUT2D eigenvalue weighted by Gasteiger charge is -1.59. The molecule has 2 fully saturated rings. The highest BCUT2D eigenvalue weighted by Gasteiger charge is 2.53. The highest BCUT2D eigenvalue weighted by Crippen LogP contribution is 2.64. The van der Waals surface area contributed by atoms with Crippen LogP contribution in [0.15, 0.2) is 0 Å². The molecule has 0 nitrogen and oxygen atoms in total. The Morgan fingerprint density at radius 1 is 1.40 bits per heavy atom. The molecular weight excluding hydrogens is 60.1 g/mol. The molecule has 0 saturated heterocycles. The van der Waals surface area contributed by atoms with E-state index in [4.69, 9.17) is 0 Å². The van der Waals surface area contributed by atoms with Gasteiger partial charge in [-0.15, -0.1) is 0 Å². The Labute approximate surface area is 32.2 Å². The van der Waals surface area contributed by atoms with Crippen LogP contribution in [0.3, 0.4) is 0 Å². The molecule has 0 unspecified atom stereocenters. The molecule has 0 aliphatic heterocycles. The van der Waals surface area contributed by atoms with E-state index >= 15 is 0 Å². The Hall–Kier alpha value is 0. The summed E-state index contributed by atoms with van der Waals surface area (Å²) in [6.45, 7) is 0. The molecule has 0 aromatic rings. The second kappa shape index (κ2) is 0.360. The zero-order valence-corrected chi connectivity index (χ0v) is 3.20. The van der Waals surface area contributed by atoms with Crippen molar-refractivity contribution in [2.24, 2.45) is 5.41 Å². The van der Waals surface area contributed by atoms with Crippen LogP contribution in [0.1, 0.15) is 19.3 Å². The molecule has 0 atom stereocenters. The van der Waals surface area contributed by atoms with E-state index < -0.39 is 0 Å². The van der Waals surface area contributed by atoms with Gasteiger partial charge in [-0.05, 0) is 31.1 Å². The molecule has 2 saturated carbocycles. The average Bonchev–Trinajstić information content (AvgIpc) is 2.17. The Bertz CT molecular complexity index is 42.9. The first kappa shape index (κ1) is 2.22. The molecule has 0 amide bonds. The molecule has 0 bridgehead atoms. The fraction of sp³-hybridized carbons (Fsp3) is 0.800. The van der Waals surface area contributed by atoms with Gasteiger partial charge in [0.05, 0.1) is 0 Å². The van der Waals surface area contributed by atoms with E-state index in [-0.39, 0.29) is 0 Å². The van der Waals surface area contributed by atoms with E-state index in [0.29, 0.717) is 0 Å². The molecule has 0 aromatic carbocycles. The average molecular weight is 67.1 g/mol. The Kier molecular flexibility index (Phi) is 0.160. The predicted octanol–water partition coefficient (Wildman–Crippen LogP) is 1.37. The van der Waals surface area contributed by atoms with Crippen LogP contribution >= 0.6 is 0 Å². The van der Waals surface area contributed by atoms with Crippen molar-refractivity contribution in [3.63, 3.8) is 0 Å². The molecule has 5 heavy (non-hydrogen) atoms. The topological polar surface area (TPSA) is 0 Å². The zero-order chi connectivity index (χ0) is 3.33. The van der Waals surface area contributed by atoms with E-state index in [1.54, 1.807) is 0 Å². The summed E-state index contributed by atoms with van der Waals surface area (Å²) in [5.41, 5.74) is 0.875. The van der Waals surface area contributed by atoms with Crippen molar-refractivity contribution < 1.29 is 0 Å². The lowest BCUT2D eigenvalue weighted by atomic mass is 10.5. The molecule has 1 radical (unpaired) electrons. The van der Waals surface area contributed by atoms with Crippen LogP contribution in [-0.2, 0) is 0 Å². The quantitative estimate of drug-likeness (QED) is 0.401. The smallest absolute Gasteiger partial charge is 0.0263 e. The van der Waals surface area contributed by atoms with Crippen LogP contribution in [0.25, 0.3) is 0 Å². The summed E-state index contributed by atoms with van der Waals surface area (Å²) in [5, 5.41) is 0. The molecule has 0 heteroatoms. The van der Waals surface area contributed by atoms with Crippen LogP contribution < -0.4 is 0 Å². The Morgan fingerprint density at radius 2 is 2.00 bits per heavy atom. The lowest BCUT2D eigenvalue weighted by Crippen LogP contribution is -1.51. The molecule has 2 aliphatic rings. The van der Waals surface area contributed by atoms with Crippen LogP contribution in [0, 0.1) is 11.8 Å². The highest BCUT2D eigenvalue weighted by atomic mass is 14.6. The molecular formula is C5H7. The van der Waals surface area contributed by atoms with Crippen molar-refractivity contribution in [1.82, 2.24) is 0 Å². The van der Waals surface area contributed by atoms with Gasteiger partial charge in [0.15, 0.2) is 0 Å². The van der Waals surface area contributed by atoms with E-state index in [0.717, 1.165) is 5.41 Å². The highest BCUT2D eigenvalue weighted by molar-refractivity contribution is 5.19. The molecule has 2 rings (SSSR count). The predicted molar refractivity (Wildman–Crippen MR) is 20.6 cm³/mol. The van der Waals surface area contributed by atoms with Gasteiger partial charge in [0.1, 0.15) is 0 Å². The monoisotopic (exact) mass is 67.1 g/mol. The van der Waals surface area contributed by atoms with Gasteiger partial charge in [-0.3, -0.25) is 0 Å². The van der Waals surface area contributed by atoms with Gasteiger partial charge in [-0.25, -0.2) is 0 Å². The summed E-state index contributed by atoms with van der Waals surface area (Å²) in [5.74, 6) is 0. The van der Waals surface area contributed by atoms with Crippen molar-refractivity contribution in [3.05, 3.63) is 6.42 Å². The minimum absolute atomic E-state index is 0.875. The minimum atomic E-state index is 0.875. The second-order valence-corrected chi connectivity index (χ2v) is 2.27. The van der Waals surface area contributed by atoms with Gasteiger partial charge in [-0.1, -0.05) is 0 Å². The van der Waals surface area contributed by atoms with Crippen molar-refractivity contribution >= 4 is 0 Å². The van der Waals surface area contributed by atoms with E-state index in [1.165, 1.54) is 19.3 Å². The first-order chi connectivity index (χ1) is 2.41. The third-order valence-corrected chi connectivity index (χ3v) is 1.67. The third kappa shape index (κ3) is 0.160. The Balaban J connectivity index is 2.30. The van der Waals surface area contributed by atoms with E-state index in [9.17, 15) is 0 Å². The zero-order valence-electron chi connectivity index (χ0n) is 3.20. The first-order valence-corrected chi connectivity index (χ1v) is 2.26. The summed E-state index contributed by atoms with van der Waals surface area (Å²) < 4.78 is 0. The van der Waals surface area contributed by atoms with Gasteiger partial charge < -0.3 is 0 Å². The van der Waals surface area contributed by atoms with Crippen LogP contribution in [0.4, 0.5) is 0 Å². The van der Waals surface area contributed by atoms with E-state index in [2.05, 4.69) is 6.42 Å². The number of hydrogen-bond donors (Lipinski definition) is 0. The maximum absolute atomic E-state index is 2.42. The summed E-state index contributed by atoms with van der Waals surface area (Å²) in [6, 6.07) is 0. The van der Waals surface area contributed by atoms with Crippen molar-refractivity contribution in [3.8, 4) is 0 Å². The summed E-state index contributed by atoms with van der Waals surface area (Å²) in [4.78, 5) is 0. The second-order valence-electron chi connectivity index (χ2n) is 2.27. The molecule has 0 heterocycles. The van der Waals surface area contributed by atoms with Crippen LogP contribution in [-0.4, -0.2) is 0 Å². The van der Waals surface area contributed by atoms with Gasteiger partial charge in [0.2, 0.25) is 0 Å². The Morgan fingerprint density at radius 3 is 2.00 bits per heavy atom. The van der Waals surface area contributed by atoms with Gasteiger partial charge in [-0.2, -0.15) is 0 Å². The first-order valence-electron chi connectivity index (χ1n) is 2.26. The minimum Gasteiger partial charge on any atom is -0.0468 e. The number of rotatable bonds is 0. The van der Waals surface area contributed by atoms with Gasteiger partial charge >= 0.3 is 0 Å². The summed E-state index contributed by atoms with van der Waals surface area (Å²) in [6.07, 6.45) is 6.88. The molecule has 27 valence electrons. The fourth-order valence-corrected chi connectivity index (χ4v) is 0.713. The van der Waals surface area contributed by atoms with Crippen molar-refractivity contribution in [2.75, 3.05) is 0 Å². The van der Waals surface area contributed by atoms with Crippen LogP contribution in [0.5, 0.6) is 0 Å². The fourth-order valence-electron chi connectivity index (χ4n) is 0.713. The maximum Gasteiger partial charge on any atom is -0.0263 e. The molecule has 0 N–H and O–H groups in total. The van der Waals surface area contributed by atoms with Crippen molar-refractivity contribution in [2.45, 2.75) is 19.3 Å². The summed E-state index contributed by atoms with van der Waals surface area (Å²) >= 11 is 0. The number of hydrogen-bond acceptors (Lipinski definition) is 0. The maximum atomic E-state index is 2.42. The largest absolute Gasteiger partial charge is 0.0468 e. The normalized spacial score (nSPS) is 38.4. The molecule has 0 aromatic heterocycles. The van der Waals surface area contributed by atoms with E-state index in [1.807, 2.05) is 0 Å². The molecule has 1 spiro atoms. The standard InChI is InChI=1S/C5H7/c1-2-5(1)3-4-5/h1H,2-4H2. The van der Waals surface area contributed by atoms with Gasteiger partial charge in [0, 0.05) is 0 Å². The molecule has 2 aliphatic carbocycles. The van der Waals surface area contributed by atoms with Crippen molar-refractivity contribution in [1.29, 1.82) is 0 Å². The van der Waals surface area contributed by atoms with Gasteiger partial charge in [0.25, 0.3) is 0 Å². The SMILES string of the molecule is [CH]1CC12CC2. The summed E-state index contributed by atoms with van der Waals surface area (Å²) in [7, 11) is 0. The third-order valence-electron chi connectivity index (χ3n) is 1.67. The van der Waals surface area contributed by atoms with Crippen LogP contribution in [0.2, 0.25) is 0 Å². The lowest BCUT2D eigenvalue weighted by molar-refractivity contribution is 0.937.